The van der Waals surface area contributed by atoms with Gasteiger partial charge in [0.15, 0.2) is 5.56 Å². The highest BCUT2D eigenvalue weighted by atomic mass is 35.5. The Bertz CT molecular complexity index is 1280. The molecule has 0 spiro atoms. The van der Waals surface area contributed by atoms with E-state index in [0.29, 0.717) is 11.1 Å². The number of carbonyl (C=O) groups excluding carboxylic acids is 2. The molecular weight excluding hydrogens is 457 g/mol. The maximum Gasteiger partial charge on any atom is 0.334 e. The molecule has 0 aliphatic carbocycles. The summed E-state index contributed by atoms with van der Waals surface area (Å²) in [5, 5.41) is 13.4. The Kier molecular flexibility index (Phi) is 7.17. The molecule has 0 radical (unpaired) electrons. The van der Waals surface area contributed by atoms with Crippen LogP contribution in [0.2, 0.25) is 10.0 Å². The number of nitrogens with zero attached hydrogens (tertiary/aromatic N) is 2. The first kappa shape index (κ1) is 23.3. The molecule has 0 saturated carbocycles. The van der Waals surface area contributed by atoms with Crippen molar-refractivity contribution in [2.75, 3.05) is 6.54 Å². The second-order valence-corrected chi connectivity index (χ2v) is 7.84. The van der Waals surface area contributed by atoms with Crippen molar-refractivity contribution in [1.82, 2.24) is 14.5 Å². The van der Waals surface area contributed by atoms with Crippen molar-refractivity contribution in [3.8, 4) is 5.88 Å². The largest absolute Gasteiger partial charge is 0.494 e. The van der Waals surface area contributed by atoms with Gasteiger partial charge in [-0.25, -0.2) is 4.79 Å². The van der Waals surface area contributed by atoms with E-state index in [9.17, 15) is 24.3 Å². The molecule has 1 aromatic heterocycles. The lowest BCUT2D eigenvalue weighted by Crippen LogP contribution is -2.45. The smallest absolute Gasteiger partial charge is 0.334 e. The number of ketones is 1. The van der Waals surface area contributed by atoms with E-state index in [1.165, 1.54) is 6.92 Å². The molecule has 0 aliphatic rings. The molecule has 1 amide bonds. The summed E-state index contributed by atoms with van der Waals surface area (Å²) >= 11 is 12.4. The minimum absolute atomic E-state index is 0.102. The topological polar surface area (TPSA) is 110 Å². The Morgan fingerprint density at radius 2 is 1.56 bits per heavy atom. The van der Waals surface area contributed by atoms with E-state index in [0.717, 1.165) is 9.13 Å². The van der Waals surface area contributed by atoms with E-state index in [2.05, 4.69) is 5.32 Å². The van der Waals surface area contributed by atoms with Crippen molar-refractivity contribution in [3.63, 3.8) is 0 Å². The Morgan fingerprint density at radius 3 is 2.16 bits per heavy atom. The average Bonchev–Trinajstić information content (AvgIpc) is 2.75. The van der Waals surface area contributed by atoms with Gasteiger partial charge in [0.05, 0.1) is 19.6 Å². The van der Waals surface area contributed by atoms with Gasteiger partial charge in [0.25, 0.3) is 11.5 Å². The Labute approximate surface area is 192 Å². The number of nitrogens with one attached hydrogen (secondary N) is 1. The number of halogens is 2. The maximum absolute atomic E-state index is 13.2. The summed E-state index contributed by atoms with van der Waals surface area (Å²) in [6.07, 6.45) is 0. The van der Waals surface area contributed by atoms with Crippen LogP contribution in [0.3, 0.4) is 0 Å². The lowest BCUT2D eigenvalue weighted by atomic mass is 10.2. The zero-order valence-electron chi connectivity index (χ0n) is 17.0. The highest BCUT2D eigenvalue weighted by Gasteiger charge is 2.25. The zero-order valence-corrected chi connectivity index (χ0v) is 18.5. The van der Waals surface area contributed by atoms with Gasteiger partial charge in [0.2, 0.25) is 5.88 Å². The normalized spacial score (nSPS) is 10.7. The molecule has 2 aromatic carbocycles. The molecule has 8 nitrogen and oxygen atoms in total. The van der Waals surface area contributed by atoms with Crippen LogP contribution in [0, 0.1) is 0 Å². The lowest BCUT2D eigenvalue weighted by Gasteiger charge is -2.16. The standard InChI is InChI=1S/C22H19Cl2N3O5/c1-13(28)10-25-19(29)18-20(30)26(11-14-6-3-2-4-7-14)22(32)27(21(18)31)12-15-16(23)8-5-9-17(15)24/h2-9,30H,10-12H2,1H3,(H,25,29). The van der Waals surface area contributed by atoms with Crippen LogP contribution in [0.5, 0.6) is 5.88 Å². The van der Waals surface area contributed by atoms with Crippen molar-refractivity contribution >= 4 is 34.9 Å². The summed E-state index contributed by atoms with van der Waals surface area (Å²) in [6.45, 7) is 0.493. The summed E-state index contributed by atoms with van der Waals surface area (Å²) in [4.78, 5) is 50.2. The maximum atomic E-state index is 13.2. The van der Waals surface area contributed by atoms with Crippen LogP contribution in [0.4, 0.5) is 0 Å². The molecule has 32 heavy (non-hydrogen) atoms. The monoisotopic (exact) mass is 475 g/mol. The Morgan fingerprint density at radius 1 is 0.938 bits per heavy atom. The number of Topliss-reactive ketones (excluding diaryl/α,β-unsaturated/α-hetero) is 1. The van der Waals surface area contributed by atoms with Crippen LogP contribution >= 0.6 is 23.2 Å². The third-order valence-corrected chi connectivity index (χ3v) is 5.39. The molecule has 0 saturated heterocycles. The Balaban J connectivity index is 2.21. The highest BCUT2D eigenvalue weighted by molar-refractivity contribution is 6.35. The van der Waals surface area contributed by atoms with Gasteiger partial charge < -0.3 is 10.4 Å². The molecule has 0 unspecified atom stereocenters. The van der Waals surface area contributed by atoms with Gasteiger partial charge in [-0.15, -0.1) is 0 Å². The molecule has 0 fully saturated rings. The molecule has 0 bridgehead atoms. The van der Waals surface area contributed by atoms with E-state index >= 15 is 0 Å². The van der Waals surface area contributed by atoms with E-state index in [-0.39, 0.29) is 35.5 Å². The number of rotatable bonds is 7. The molecule has 0 aliphatic heterocycles. The second-order valence-electron chi connectivity index (χ2n) is 7.03. The van der Waals surface area contributed by atoms with E-state index in [1.54, 1.807) is 48.5 Å². The second kappa shape index (κ2) is 9.84. The quantitative estimate of drug-likeness (QED) is 0.545. The first-order valence-corrected chi connectivity index (χ1v) is 10.3. The first-order chi connectivity index (χ1) is 15.2. The van der Waals surface area contributed by atoms with Crippen molar-refractivity contribution in [1.29, 1.82) is 0 Å². The lowest BCUT2D eigenvalue weighted by molar-refractivity contribution is -0.116. The molecule has 10 heteroatoms. The van der Waals surface area contributed by atoms with E-state index < -0.39 is 28.6 Å². The van der Waals surface area contributed by atoms with Crippen molar-refractivity contribution in [3.05, 3.63) is 96.1 Å². The van der Waals surface area contributed by atoms with Gasteiger partial charge in [-0.3, -0.25) is 23.5 Å². The molecule has 3 rings (SSSR count). The number of carbonyl (C=O) groups is 2. The summed E-state index contributed by atoms with van der Waals surface area (Å²) in [7, 11) is 0. The summed E-state index contributed by atoms with van der Waals surface area (Å²) in [5.41, 5.74) is -1.59. The van der Waals surface area contributed by atoms with Crippen LogP contribution in [0.25, 0.3) is 0 Å². The van der Waals surface area contributed by atoms with Gasteiger partial charge in [-0.1, -0.05) is 59.6 Å². The van der Waals surface area contributed by atoms with Crippen molar-refractivity contribution in [2.45, 2.75) is 20.0 Å². The van der Waals surface area contributed by atoms with Crippen LogP contribution in [-0.4, -0.2) is 32.5 Å². The molecule has 1 heterocycles. The molecule has 0 atom stereocenters. The molecule has 166 valence electrons. The summed E-state index contributed by atoms with van der Waals surface area (Å²) in [5.74, 6) is -2.13. The molecule has 3 aromatic rings. The van der Waals surface area contributed by atoms with Gasteiger partial charge in [-0.2, -0.15) is 0 Å². The first-order valence-electron chi connectivity index (χ1n) is 9.51. The summed E-state index contributed by atoms with van der Waals surface area (Å²) in [6, 6.07) is 13.4. The third kappa shape index (κ3) is 4.92. The predicted molar refractivity (Wildman–Crippen MR) is 121 cm³/mol. The predicted octanol–water partition coefficient (Wildman–Crippen LogP) is 2.44. The zero-order chi connectivity index (χ0) is 23.4. The fraction of sp³-hybridized carbons (Fsp3) is 0.182. The van der Waals surface area contributed by atoms with Crippen LogP contribution in [0.15, 0.2) is 58.1 Å². The Hall–Kier alpha value is -3.36. The van der Waals surface area contributed by atoms with Crippen LogP contribution < -0.4 is 16.6 Å². The molecule has 2 N–H and O–H groups in total. The third-order valence-electron chi connectivity index (χ3n) is 4.69. The molecular formula is C22H19Cl2N3O5. The summed E-state index contributed by atoms with van der Waals surface area (Å²) < 4.78 is 1.68. The SMILES string of the molecule is CC(=O)CNC(=O)c1c(O)n(Cc2ccccc2)c(=O)n(Cc2c(Cl)cccc2Cl)c1=O. The number of hydrogen-bond acceptors (Lipinski definition) is 5. The van der Waals surface area contributed by atoms with E-state index in [4.69, 9.17) is 23.2 Å². The van der Waals surface area contributed by atoms with Gasteiger partial charge in [-0.05, 0) is 24.6 Å². The van der Waals surface area contributed by atoms with Crippen molar-refractivity contribution < 1.29 is 14.7 Å². The van der Waals surface area contributed by atoms with E-state index in [1.807, 2.05) is 0 Å². The number of aromatic nitrogens is 2. The number of amides is 1. The number of aromatic hydroxyl groups is 1. The highest BCUT2D eigenvalue weighted by Crippen LogP contribution is 2.24. The minimum Gasteiger partial charge on any atom is -0.494 e. The number of hydrogen-bond donors (Lipinski definition) is 2. The number of benzene rings is 2. The van der Waals surface area contributed by atoms with Crippen molar-refractivity contribution in [2.24, 2.45) is 0 Å². The van der Waals surface area contributed by atoms with Crippen LogP contribution in [-0.2, 0) is 17.9 Å². The van der Waals surface area contributed by atoms with Crippen LogP contribution in [0.1, 0.15) is 28.4 Å². The van der Waals surface area contributed by atoms with Gasteiger partial charge in [0, 0.05) is 15.6 Å². The average molecular weight is 476 g/mol. The van der Waals surface area contributed by atoms with Gasteiger partial charge in [0.1, 0.15) is 5.78 Å². The fourth-order valence-electron chi connectivity index (χ4n) is 3.07. The van der Waals surface area contributed by atoms with Gasteiger partial charge >= 0.3 is 5.69 Å². The fourth-order valence-corrected chi connectivity index (χ4v) is 3.59. The minimum atomic E-state index is -1.03.